The zero-order valence-electron chi connectivity index (χ0n) is 11.9. The number of hydrogen-bond acceptors (Lipinski definition) is 4. The Morgan fingerprint density at radius 2 is 1.60 bits per heavy atom. The molecule has 1 aromatic carbocycles. The Morgan fingerprint density at radius 1 is 0.960 bits per heavy atom. The van der Waals surface area contributed by atoms with Crippen molar-refractivity contribution in [1.82, 2.24) is 19.8 Å². The summed E-state index contributed by atoms with van der Waals surface area (Å²) >= 11 is 0. The third-order valence-corrected chi connectivity index (χ3v) is 3.25. The summed E-state index contributed by atoms with van der Waals surface area (Å²) < 4.78 is 77.7. The van der Waals surface area contributed by atoms with Gasteiger partial charge in [0, 0.05) is 5.56 Å². The zero-order chi connectivity index (χ0) is 18.4. The maximum atomic E-state index is 13.3. The first-order valence-electron chi connectivity index (χ1n) is 6.59. The summed E-state index contributed by atoms with van der Waals surface area (Å²) in [6.07, 6.45) is -9.82. The van der Waals surface area contributed by atoms with E-state index in [1.807, 2.05) is 0 Å². The maximum absolute atomic E-state index is 13.3. The number of halogens is 6. The second kappa shape index (κ2) is 5.53. The fourth-order valence-electron chi connectivity index (χ4n) is 2.21. The maximum Gasteiger partial charge on any atom is 0.456 e. The highest BCUT2D eigenvalue weighted by atomic mass is 19.4. The van der Waals surface area contributed by atoms with Gasteiger partial charge in [0.15, 0.2) is 17.0 Å². The molecule has 0 unspecified atom stereocenters. The lowest BCUT2D eigenvalue weighted by molar-refractivity contribution is -0.144. The average Bonchev–Trinajstić information content (AvgIpc) is 2.96. The van der Waals surface area contributed by atoms with Crippen LogP contribution >= 0.6 is 0 Å². The van der Waals surface area contributed by atoms with Gasteiger partial charge in [-0.3, -0.25) is 4.79 Å². The lowest BCUT2D eigenvalue weighted by Crippen LogP contribution is -2.30. The van der Waals surface area contributed by atoms with Crippen molar-refractivity contribution in [3.8, 4) is 11.1 Å². The van der Waals surface area contributed by atoms with Crippen LogP contribution in [0.4, 0.5) is 26.3 Å². The van der Waals surface area contributed by atoms with Gasteiger partial charge >= 0.3 is 12.4 Å². The number of fused-ring (bicyclic) bond motifs is 1. The number of rotatable bonds is 2. The number of ketones is 1. The average molecular weight is 360 g/mol. The molecule has 0 amide bonds. The van der Waals surface area contributed by atoms with Crippen molar-refractivity contribution in [2.45, 2.75) is 12.4 Å². The molecule has 5 nitrogen and oxygen atoms in total. The fourth-order valence-corrected chi connectivity index (χ4v) is 2.21. The van der Waals surface area contributed by atoms with Gasteiger partial charge in [-0.1, -0.05) is 30.3 Å². The first kappa shape index (κ1) is 16.9. The highest BCUT2D eigenvalue weighted by molar-refractivity contribution is 5.99. The molecule has 130 valence electrons. The van der Waals surface area contributed by atoms with Crippen molar-refractivity contribution in [3.05, 3.63) is 47.9 Å². The van der Waals surface area contributed by atoms with Crippen LogP contribution in [-0.2, 0) is 6.18 Å². The van der Waals surface area contributed by atoms with Gasteiger partial charge in [-0.25, -0.2) is 4.52 Å². The Hall–Kier alpha value is -2.98. The predicted octanol–water partition coefficient (Wildman–Crippen LogP) is 3.56. The number of Topliss-reactive ketones (excluding diaryl/α,β-unsaturated/α-hetero) is 1. The molecule has 3 aromatic rings. The van der Waals surface area contributed by atoms with Crippen molar-refractivity contribution in [3.63, 3.8) is 0 Å². The standard InChI is InChI=1S/C14H6F6N4O/c15-13(16,17)10-9(11(25)14(18,19)20)22-23-12-8(6-21-24(10)12)7-4-2-1-3-5-7/h1-6H. The van der Waals surface area contributed by atoms with Gasteiger partial charge in [0.05, 0.1) is 6.20 Å². The van der Waals surface area contributed by atoms with E-state index in [-0.39, 0.29) is 10.1 Å². The van der Waals surface area contributed by atoms with E-state index in [1.165, 1.54) is 0 Å². The van der Waals surface area contributed by atoms with Crippen molar-refractivity contribution < 1.29 is 31.1 Å². The number of aromatic nitrogens is 4. The monoisotopic (exact) mass is 360 g/mol. The van der Waals surface area contributed by atoms with E-state index >= 15 is 0 Å². The molecule has 0 bridgehead atoms. The van der Waals surface area contributed by atoms with E-state index in [4.69, 9.17) is 0 Å². The SMILES string of the molecule is O=C(c1nnc2c(-c3ccccc3)cnn2c1C(F)(F)F)C(F)(F)F. The lowest BCUT2D eigenvalue weighted by atomic mass is 10.1. The van der Waals surface area contributed by atoms with Crippen LogP contribution in [0.15, 0.2) is 36.5 Å². The first-order valence-corrected chi connectivity index (χ1v) is 6.59. The summed E-state index contributed by atoms with van der Waals surface area (Å²) in [6.45, 7) is 0. The van der Waals surface area contributed by atoms with Gasteiger partial charge in [0.25, 0.3) is 5.78 Å². The molecule has 0 saturated heterocycles. The minimum atomic E-state index is -5.53. The Bertz CT molecular complexity index is 946. The third-order valence-electron chi connectivity index (χ3n) is 3.25. The molecule has 0 atom stereocenters. The van der Waals surface area contributed by atoms with Gasteiger partial charge in [-0.2, -0.15) is 31.4 Å². The number of nitrogens with zero attached hydrogens (tertiary/aromatic N) is 4. The number of carbonyl (C=O) groups excluding carboxylic acids is 1. The summed E-state index contributed by atoms with van der Waals surface area (Å²) in [5.74, 6) is -2.74. The fraction of sp³-hybridized carbons (Fsp3) is 0.143. The molecule has 0 radical (unpaired) electrons. The van der Waals surface area contributed by atoms with Gasteiger partial charge < -0.3 is 0 Å². The molecule has 0 spiro atoms. The largest absolute Gasteiger partial charge is 0.456 e. The minimum Gasteiger partial charge on any atom is -0.282 e. The van der Waals surface area contributed by atoms with Crippen LogP contribution in [0, 0.1) is 0 Å². The molecule has 0 aliphatic heterocycles. The molecular formula is C14H6F6N4O. The van der Waals surface area contributed by atoms with Crippen molar-refractivity contribution in [2.75, 3.05) is 0 Å². The molecule has 2 heterocycles. The quantitative estimate of drug-likeness (QED) is 0.518. The number of alkyl halides is 6. The van der Waals surface area contributed by atoms with E-state index in [0.29, 0.717) is 5.56 Å². The van der Waals surface area contributed by atoms with E-state index in [1.54, 1.807) is 30.3 Å². The molecule has 2 aromatic heterocycles. The number of carbonyl (C=O) groups is 1. The van der Waals surface area contributed by atoms with E-state index in [2.05, 4.69) is 15.3 Å². The molecule has 0 saturated carbocycles. The van der Waals surface area contributed by atoms with Gasteiger partial charge in [-0.05, 0) is 5.56 Å². The highest BCUT2D eigenvalue weighted by Gasteiger charge is 2.48. The predicted molar refractivity (Wildman–Crippen MR) is 71.6 cm³/mol. The lowest BCUT2D eigenvalue weighted by Gasteiger charge is -2.13. The molecule has 0 fully saturated rings. The first-order chi connectivity index (χ1) is 11.6. The molecule has 11 heteroatoms. The highest BCUT2D eigenvalue weighted by Crippen LogP contribution is 2.35. The second-order valence-corrected chi connectivity index (χ2v) is 4.88. The smallest absolute Gasteiger partial charge is 0.282 e. The summed E-state index contributed by atoms with van der Waals surface area (Å²) in [5.41, 5.74) is -3.63. The summed E-state index contributed by atoms with van der Waals surface area (Å²) in [6, 6.07) is 8.00. The van der Waals surface area contributed by atoms with E-state index in [0.717, 1.165) is 6.20 Å². The summed E-state index contributed by atoms with van der Waals surface area (Å²) in [5, 5.41) is 9.71. The van der Waals surface area contributed by atoms with Crippen molar-refractivity contribution in [2.24, 2.45) is 0 Å². The minimum absolute atomic E-state index is 0.129. The Kier molecular flexibility index (Phi) is 3.73. The normalized spacial score (nSPS) is 12.6. The van der Waals surface area contributed by atoms with Crippen LogP contribution in [-0.4, -0.2) is 31.8 Å². The Morgan fingerprint density at radius 3 is 2.16 bits per heavy atom. The van der Waals surface area contributed by atoms with Crippen LogP contribution in [0.1, 0.15) is 16.2 Å². The van der Waals surface area contributed by atoms with Crippen LogP contribution in [0.3, 0.4) is 0 Å². The van der Waals surface area contributed by atoms with Gasteiger partial charge in [0.2, 0.25) is 0 Å². The Labute approximate surface area is 134 Å². The van der Waals surface area contributed by atoms with Gasteiger partial charge in [-0.15, -0.1) is 10.2 Å². The molecule has 0 aliphatic carbocycles. The van der Waals surface area contributed by atoms with Crippen molar-refractivity contribution >= 4 is 11.4 Å². The molecule has 25 heavy (non-hydrogen) atoms. The van der Waals surface area contributed by atoms with E-state index in [9.17, 15) is 31.1 Å². The van der Waals surface area contributed by atoms with Crippen LogP contribution < -0.4 is 0 Å². The molecule has 0 aliphatic rings. The van der Waals surface area contributed by atoms with Gasteiger partial charge in [0.1, 0.15) is 0 Å². The number of benzene rings is 1. The van der Waals surface area contributed by atoms with Crippen LogP contribution in [0.2, 0.25) is 0 Å². The van der Waals surface area contributed by atoms with E-state index < -0.39 is 35.2 Å². The third kappa shape index (κ3) is 2.92. The summed E-state index contributed by atoms with van der Waals surface area (Å²) in [4.78, 5) is 11.3. The second-order valence-electron chi connectivity index (χ2n) is 4.88. The molecular weight excluding hydrogens is 354 g/mol. The topological polar surface area (TPSA) is 60.2 Å². The van der Waals surface area contributed by atoms with Crippen LogP contribution in [0.25, 0.3) is 16.8 Å². The van der Waals surface area contributed by atoms with Crippen molar-refractivity contribution in [1.29, 1.82) is 0 Å². The molecule has 0 N–H and O–H groups in total. The Balaban J connectivity index is 2.31. The zero-order valence-corrected chi connectivity index (χ0v) is 11.9. The molecule has 3 rings (SSSR count). The van der Waals surface area contributed by atoms with Crippen LogP contribution in [0.5, 0.6) is 0 Å². The number of hydrogen-bond donors (Lipinski definition) is 0. The summed E-state index contributed by atoms with van der Waals surface area (Å²) in [7, 11) is 0.